The van der Waals surface area contributed by atoms with E-state index in [-0.39, 0.29) is 49.7 Å². The quantitative estimate of drug-likeness (QED) is 0.0505. The van der Waals surface area contributed by atoms with Gasteiger partial charge in [0.05, 0.1) is 56.3 Å². The molecular formula is C61H58O14. The minimum Gasteiger partial charge on any atom is -0.452 e. The number of carbonyl (C=O) groups is 3. The zero-order chi connectivity index (χ0) is 51.6. The predicted octanol–water partition coefficient (Wildman–Crippen LogP) is 9.09. The van der Waals surface area contributed by atoms with Gasteiger partial charge >= 0.3 is 17.9 Å². The molecule has 7 aromatic rings. The Labute approximate surface area is 435 Å². The van der Waals surface area contributed by atoms with E-state index in [1.165, 1.54) is 24.3 Å². The number of hydrogen-bond donors (Lipinski definition) is 1. The molecule has 14 nitrogen and oxygen atoms in total. The smallest absolute Gasteiger partial charge is 0.338 e. The minimum atomic E-state index is -1.93. The van der Waals surface area contributed by atoms with E-state index in [9.17, 15) is 19.5 Å². The summed E-state index contributed by atoms with van der Waals surface area (Å²) in [6, 6.07) is 63.2. The summed E-state index contributed by atoms with van der Waals surface area (Å²) < 4.78 is 65.2. The number of aliphatic hydroxyl groups is 1. The molecule has 0 unspecified atom stereocenters. The Bertz CT molecular complexity index is 2810. The average molecular weight is 1020 g/mol. The Morgan fingerprint density at radius 3 is 1.13 bits per heavy atom. The molecule has 0 bridgehead atoms. The summed E-state index contributed by atoms with van der Waals surface area (Å²) >= 11 is 0. The molecule has 0 aromatic heterocycles. The molecule has 2 fully saturated rings. The van der Waals surface area contributed by atoms with Crippen molar-refractivity contribution in [1.29, 1.82) is 0 Å². The summed E-state index contributed by atoms with van der Waals surface area (Å²) in [6.07, 6.45) is -13.0. The van der Waals surface area contributed by atoms with Crippen LogP contribution in [0.25, 0.3) is 0 Å². The number of esters is 3. The highest BCUT2D eigenvalue weighted by atomic mass is 16.7. The molecule has 75 heavy (non-hydrogen) atoms. The second kappa shape index (κ2) is 26.7. The zero-order valence-electron chi connectivity index (χ0n) is 41.0. The van der Waals surface area contributed by atoms with Crippen molar-refractivity contribution in [2.75, 3.05) is 13.2 Å². The molecule has 7 aromatic carbocycles. The van der Waals surface area contributed by atoms with Gasteiger partial charge in [-0.3, -0.25) is 0 Å². The highest BCUT2D eigenvalue weighted by Crippen LogP contribution is 2.35. The predicted molar refractivity (Wildman–Crippen MR) is 274 cm³/mol. The Morgan fingerprint density at radius 1 is 0.347 bits per heavy atom. The molecule has 1 N–H and O–H groups in total. The lowest BCUT2D eigenvalue weighted by atomic mass is 9.96. The monoisotopic (exact) mass is 1010 g/mol. The topological polar surface area (TPSA) is 164 Å². The second-order valence-corrected chi connectivity index (χ2v) is 17.9. The van der Waals surface area contributed by atoms with Gasteiger partial charge in [0.2, 0.25) is 0 Å². The number of carbonyl (C=O) groups excluding carboxylic acids is 3. The first kappa shape index (κ1) is 52.5. The Morgan fingerprint density at radius 2 is 0.693 bits per heavy atom. The highest BCUT2D eigenvalue weighted by Gasteiger charge is 2.54. The van der Waals surface area contributed by atoms with Crippen molar-refractivity contribution in [2.24, 2.45) is 0 Å². The highest BCUT2D eigenvalue weighted by molar-refractivity contribution is 5.91. The Balaban J connectivity index is 1.07. The molecule has 0 amide bonds. The first-order valence-electron chi connectivity index (χ1n) is 24.8. The van der Waals surface area contributed by atoms with E-state index in [1.807, 2.05) is 121 Å². The van der Waals surface area contributed by atoms with Gasteiger partial charge in [-0.15, -0.1) is 0 Å². The SMILES string of the molecule is O=C(O[C@@H]1[C@@H](OC(=O)c2ccccc2)[C@@H](O)O[C@H](CO[C@@H]2O[C@H](COCc3ccccc3)[C@@H](OCc3ccccc3)[C@H](OCc3ccccc3)[C@H]2OCc2ccccc2)[C@H]1OC(=O)c1ccccc1)c1ccccc1. The molecule has 0 spiro atoms. The second-order valence-electron chi connectivity index (χ2n) is 17.9. The van der Waals surface area contributed by atoms with Gasteiger partial charge in [-0.2, -0.15) is 0 Å². The maximum absolute atomic E-state index is 14.1. The zero-order valence-corrected chi connectivity index (χ0v) is 41.0. The summed E-state index contributed by atoms with van der Waals surface area (Å²) in [5.41, 5.74) is 4.08. The van der Waals surface area contributed by atoms with E-state index >= 15 is 0 Å². The molecule has 386 valence electrons. The van der Waals surface area contributed by atoms with Crippen molar-refractivity contribution in [3.63, 3.8) is 0 Å². The van der Waals surface area contributed by atoms with Gasteiger partial charge in [0.15, 0.2) is 30.9 Å². The molecule has 0 aliphatic carbocycles. The van der Waals surface area contributed by atoms with E-state index in [2.05, 4.69) is 0 Å². The van der Waals surface area contributed by atoms with Crippen molar-refractivity contribution in [3.8, 4) is 0 Å². The van der Waals surface area contributed by atoms with Gasteiger partial charge in [0.25, 0.3) is 0 Å². The molecule has 2 aliphatic rings. The van der Waals surface area contributed by atoms with E-state index < -0.39 is 85.9 Å². The van der Waals surface area contributed by atoms with Crippen LogP contribution in [0.5, 0.6) is 0 Å². The van der Waals surface area contributed by atoms with Crippen LogP contribution in [0.4, 0.5) is 0 Å². The fourth-order valence-corrected chi connectivity index (χ4v) is 8.80. The molecule has 0 saturated carbocycles. The molecular weight excluding hydrogens is 957 g/mol. The minimum absolute atomic E-state index is 0.0345. The van der Waals surface area contributed by atoms with Gasteiger partial charge in [0, 0.05) is 0 Å². The Hall–Kier alpha value is -7.37. The maximum atomic E-state index is 14.1. The third-order valence-electron chi connectivity index (χ3n) is 12.6. The van der Waals surface area contributed by atoms with E-state index in [1.54, 1.807) is 66.7 Å². The van der Waals surface area contributed by atoms with Crippen molar-refractivity contribution in [3.05, 3.63) is 251 Å². The first-order valence-corrected chi connectivity index (χ1v) is 24.8. The van der Waals surface area contributed by atoms with Crippen LogP contribution in [-0.4, -0.2) is 97.6 Å². The summed E-state index contributed by atoms with van der Waals surface area (Å²) in [5, 5.41) is 11.9. The number of benzene rings is 7. The summed E-state index contributed by atoms with van der Waals surface area (Å²) in [5.74, 6) is -2.52. The first-order chi connectivity index (χ1) is 36.9. The van der Waals surface area contributed by atoms with E-state index in [4.69, 9.17) is 47.4 Å². The van der Waals surface area contributed by atoms with Crippen LogP contribution in [0.15, 0.2) is 212 Å². The largest absolute Gasteiger partial charge is 0.452 e. The number of ether oxygens (including phenoxy) is 10. The van der Waals surface area contributed by atoms with Crippen molar-refractivity contribution in [1.82, 2.24) is 0 Å². The van der Waals surface area contributed by atoms with Crippen LogP contribution in [0.1, 0.15) is 53.3 Å². The van der Waals surface area contributed by atoms with Gasteiger partial charge in [-0.05, 0) is 58.7 Å². The fraction of sp³-hybridized carbons (Fsp3) is 0.262. The molecule has 14 heteroatoms. The van der Waals surface area contributed by atoms with Crippen LogP contribution < -0.4 is 0 Å². The molecule has 0 radical (unpaired) electrons. The van der Waals surface area contributed by atoms with Crippen LogP contribution in [0.2, 0.25) is 0 Å². The van der Waals surface area contributed by atoms with Crippen molar-refractivity contribution >= 4 is 17.9 Å². The maximum Gasteiger partial charge on any atom is 0.338 e. The molecule has 2 saturated heterocycles. The lowest BCUT2D eigenvalue weighted by Crippen LogP contribution is -2.64. The number of rotatable bonds is 22. The van der Waals surface area contributed by atoms with Gasteiger partial charge < -0.3 is 52.5 Å². The van der Waals surface area contributed by atoms with E-state index in [0.29, 0.717) is 0 Å². The fourth-order valence-electron chi connectivity index (χ4n) is 8.80. The molecule has 10 atom stereocenters. The molecule has 2 aliphatic heterocycles. The standard InChI is InChI=1S/C61H58O14/c62-57(46-30-16-5-17-31-46)73-52-50(71-60(65)55(75-59(64)48-34-20-7-21-35-48)54(52)74-58(63)47-32-18-6-19-33-47)41-70-61-56(69-39-45-28-14-4-15-29-45)53(68-38-44-26-12-3-13-27-44)51(67-37-43-24-10-2-11-25-43)49(72-61)40-66-36-42-22-8-1-9-23-42/h1-35,49-56,60-61,65H,36-41H2/t49-,50-,51-,52-,53+,54+,55-,56-,60+,61-/m1/s1. The van der Waals surface area contributed by atoms with Gasteiger partial charge in [-0.25, -0.2) is 14.4 Å². The lowest BCUT2D eigenvalue weighted by Gasteiger charge is -2.47. The summed E-state index contributed by atoms with van der Waals surface area (Å²) in [7, 11) is 0. The lowest BCUT2D eigenvalue weighted by molar-refractivity contribution is -0.342. The third-order valence-corrected chi connectivity index (χ3v) is 12.6. The van der Waals surface area contributed by atoms with E-state index in [0.717, 1.165) is 22.3 Å². The normalized spacial score (nSPS) is 23.4. The van der Waals surface area contributed by atoms with Crippen molar-refractivity contribution < 1.29 is 66.9 Å². The molecule has 2 heterocycles. The molecule has 9 rings (SSSR count). The number of hydrogen-bond acceptors (Lipinski definition) is 14. The summed E-state index contributed by atoms with van der Waals surface area (Å²) in [6.45, 7) is 0.321. The van der Waals surface area contributed by atoms with Crippen LogP contribution in [-0.2, 0) is 73.8 Å². The summed E-state index contributed by atoms with van der Waals surface area (Å²) in [4.78, 5) is 41.9. The van der Waals surface area contributed by atoms with Crippen LogP contribution in [0.3, 0.4) is 0 Å². The number of aliphatic hydroxyl groups excluding tert-OH is 1. The van der Waals surface area contributed by atoms with Crippen LogP contribution >= 0.6 is 0 Å². The average Bonchev–Trinajstić information content (AvgIpc) is 3.46. The van der Waals surface area contributed by atoms with Crippen LogP contribution in [0, 0.1) is 0 Å². The van der Waals surface area contributed by atoms with Gasteiger partial charge in [-0.1, -0.05) is 176 Å². The van der Waals surface area contributed by atoms with Crippen molar-refractivity contribution in [2.45, 2.75) is 87.8 Å². The van der Waals surface area contributed by atoms with Gasteiger partial charge in [0.1, 0.15) is 30.5 Å². The third kappa shape index (κ3) is 14.5. The Kier molecular flexibility index (Phi) is 18.7.